The van der Waals surface area contributed by atoms with Crippen molar-refractivity contribution >= 4 is 11.5 Å². The van der Waals surface area contributed by atoms with Gasteiger partial charge in [-0.25, -0.2) is 9.78 Å². The van der Waals surface area contributed by atoms with Crippen LogP contribution >= 0.6 is 0 Å². The van der Waals surface area contributed by atoms with Crippen LogP contribution in [0.3, 0.4) is 0 Å². The normalized spacial score (nSPS) is 16.9. The molecule has 6 nitrogen and oxygen atoms in total. The van der Waals surface area contributed by atoms with Gasteiger partial charge in [-0.3, -0.25) is 9.36 Å². The van der Waals surface area contributed by atoms with Crippen LogP contribution in [0.5, 0.6) is 0 Å². The summed E-state index contributed by atoms with van der Waals surface area (Å²) in [5.41, 5.74) is 0.186. The van der Waals surface area contributed by atoms with Crippen LogP contribution in [0.25, 0.3) is 5.57 Å². The van der Waals surface area contributed by atoms with Gasteiger partial charge in [0, 0.05) is 24.4 Å². The van der Waals surface area contributed by atoms with Crippen LogP contribution < -0.4 is 5.56 Å². The molecule has 0 radical (unpaired) electrons. The lowest BCUT2D eigenvalue weighted by molar-refractivity contribution is -0.141. The van der Waals surface area contributed by atoms with E-state index in [0.29, 0.717) is 30.8 Å². The first-order valence-electron chi connectivity index (χ1n) is 5.80. The quantitative estimate of drug-likeness (QED) is 0.478. The molecular weight excluding hydrogens is 236 g/mol. The van der Waals surface area contributed by atoms with E-state index < -0.39 is 11.7 Å². The van der Waals surface area contributed by atoms with Crippen LogP contribution in [0.1, 0.15) is 25.6 Å². The molecule has 1 aliphatic heterocycles. The van der Waals surface area contributed by atoms with E-state index in [4.69, 9.17) is 4.74 Å². The summed E-state index contributed by atoms with van der Waals surface area (Å²) in [6.45, 7) is 2.39. The second-order valence-corrected chi connectivity index (χ2v) is 3.91. The molecule has 6 heteroatoms. The van der Waals surface area contributed by atoms with E-state index in [-0.39, 0.29) is 12.2 Å². The lowest BCUT2D eigenvalue weighted by Gasteiger charge is -2.19. The molecule has 0 fully saturated rings. The smallest absolute Gasteiger partial charge is 0.373 e. The second-order valence-electron chi connectivity index (χ2n) is 3.91. The Balaban J connectivity index is 2.50. The Kier molecular flexibility index (Phi) is 3.45. The first-order valence-corrected chi connectivity index (χ1v) is 5.80. The number of ether oxygens (including phenoxy) is 1. The zero-order valence-electron chi connectivity index (χ0n) is 10.0. The van der Waals surface area contributed by atoms with E-state index >= 15 is 0 Å². The number of aliphatic hydroxyl groups excluding tert-OH is 1. The molecule has 1 aromatic heterocycles. The summed E-state index contributed by atoms with van der Waals surface area (Å²) in [5.74, 6) is -0.887. The van der Waals surface area contributed by atoms with Crippen molar-refractivity contribution in [3.05, 3.63) is 34.2 Å². The molecule has 0 unspecified atom stereocenters. The Morgan fingerprint density at radius 1 is 1.61 bits per heavy atom. The number of allylic oxidation sites excluding steroid dienone is 1. The summed E-state index contributed by atoms with van der Waals surface area (Å²) in [6.07, 6.45) is 2.55. The SMILES string of the molecule is CCOC(=O)/C(O)=C1\CCCn2c1nccc2=O. The van der Waals surface area contributed by atoms with Gasteiger partial charge in [0.05, 0.1) is 6.61 Å². The lowest BCUT2D eigenvalue weighted by Crippen LogP contribution is -2.27. The van der Waals surface area contributed by atoms with Crippen LogP contribution in [0.4, 0.5) is 0 Å². The van der Waals surface area contributed by atoms with E-state index in [1.165, 1.54) is 16.8 Å². The molecule has 2 rings (SSSR count). The van der Waals surface area contributed by atoms with Crippen molar-refractivity contribution in [1.82, 2.24) is 9.55 Å². The molecule has 2 heterocycles. The largest absolute Gasteiger partial charge is 0.502 e. The standard InChI is InChI=1S/C12H14N2O4/c1-2-18-12(17)10(16)8-4-3-7-14-9(15)5-6-13-11(8)14/h5-6,16H,2-4,7H2,1H3/b10-8-. The molecular formula is C12H14N2O4. The highest BCUT2D eigenvalue weighted by molar-refractivity contribution is 5.94. The van der Waals surface area contributed by atoms with Crippen molar-refractivity contribution in [3.63, 3.8) is 0 Å². The maximum absolute atomic E-state index is 11.6. The number of esters is 1. The van der Waals surface area contributed by atoms with Crippen LogP contribution in [0.2, 0.25) is 0 Å². The predicted octanol–water partition coefficient (Wildman–Crippen LogP) is 0.869. The maximum atomic E-state index is 11.6. The minimum Gasteiger partial charge on any atom is -0.502 e. The number of fused-ring (bicyclic) bond motifs is 1. The maximum Gasteiger partial charge on any atom is 0.373 e. The fourth-order valence-corrected chi connectivity index (χ4v) is 1.97. The van der Waals surface area contributed by atoms with Crippen LogP contribution in [-0.2, 0) is 16.1 Å². The lowest BCUT2D eigenvalue weighted by atomic mass is 10.0. The van der Waals surface area contributed by atoms with Gasteiger partial charge in [-0.2, -0.15) is 0 Å². The fraction of sp³-hybridized carbons (Fsp3) is 0.417. The van der Waals surface area contributed by atoms with Crippen molar-refractivity contribution in [2.24, 2.45) is 0 Å². The Morgan fingerprint density at radius 3 is 3.11 bits per heavy atom. The van der Waals surface area contributed by atoms with Gasteiger partial charge in [-0.05, 0) is 19.8 Å². The van der Waals surface area contributed by atoms with Gasteiger partial charge in [-0.15, -0.1) is 0 Å². The van der Waals surface area contributed by atoms with Gasteiger partial charge in [0.1, 0.15) is 5.82 Å². The van der Waals surface area contributed by atoms with E-state index in [2.05, 4.69) is 4.98 Å². The topological polar surface area (TPSA) is 81.4 Å². The average Bonchev–Trinajstić information content (AvgIpc) is 2.38. The van der Waals surface area contributed by atoms with Gasteiger partial charge in [-0.1, -0.05) is 0 Å². The number of aliphatic hydroxyl groups is 1. The molecule has 0 atom stereocenters. The molecule has 0 spiro atoms. The van der Waals surface area contributed by atoms with Crippen molar-refractivity contribution in [2.75, 3.05) is 6.61 Å². The summed E-state index contributed by atoms with van der Waals surface area (Å²) in [5, 5.41) is 9.86. The summed E-state index contributed by atoms with van der Waals surface area (Å²) in [7, 11) is 0. The van der Waals surface area contributed by atoms with Crippen LogP contribution in [0, 0.1) is 0 Å². The van der Waals surface area contributed by atoms with Crippen LogP contribution in [0.15, 0.2) is 22.8 Å². The van der Waals surface area contributed by atoms with Gasteiger partial charge in [0.25, 0.3) is 5.56 Å². The summed E-state index contributed by atoms with van der Waals surface area (Å²) in [6, 6.07) is 1.36. The monoisotopic (exact) mass is 250 g/mol. The molecule has 0 bridgehead atoms. The third kappa shape index (κ3) is 2.13. The van der Waals surface area contributed by atoms with Gasteiger partial charge < -0.3 is 9.84 Å². The van der Waals surface area contributed by atoms with E-state index in [1.54, 1.807) is 6.92 Å². The Labute approximate surface area is 104 Å². The van der Waals surface area contributed by atoms with Gasteiger partial charge in [0.15, 0.2) is 0 Å². The molecule has 18 heavy (non-hydrogen) atoms. The number of carbonyl (C=O) groups excluding carboxylic acids is 1. The number of aromatic nitrogens is 2. The zero-order chi connectivity index (χ0) is 13.1. The third-order valence-electron chi connectivity index (χ3n) is 2.77. The molecule has 0 aromatic carbocycles. The summed E-state index contributed by atoms with van der Waals surface area (Å²) >= 11 is 0. The molecule has 0 amide bonds. The summed E-state index contributed by atoms with van der Waals surface area (Å²) < 4.78 is 6.19. The number of hydrogen-bond acceptors (Lipinski definition) is 5. The minimum absolute atomic E-state index is 0.186. The highest BCUT2D eigenvalue weighted by Gasteiger charge is 2.23. The van der Waals surface area contributed by atoms with Crippen molar-refractivity contribution in [2.45, 2.75) is 26.3 Å². The summed E-state index contributed by atoms with van der Waals surface area (Å²) in [4.78, 5) is 27.2. The molecule has 0 saturated carbocycles. The van der Waals surface area contributed by atoms with Crippen LogP contribution in [-0.4, -0.2) is 27.2 Å². The number of nitrogens with zero attached hydrogens (tertiary/aromatic N) is 2. The molecule has 96 valence electrons. The minimum atomic E-state index is -0.779. The van der Waals surface area contributed by atoms with E-state index in [9.17, 15) is 14.7 Å². The van der Waals surface area contributed by atoms with Crippen molar-refractivity contribution < 1.29 is 14.6 Å². The van der Waals surface area contributed by atoms with Crippen molar-refractivity contribution in [3.8, 4) is 0 Å². The first-order chi connectivity index (χ1) is 8.65. The molecule has 1 aliphatic rings. The number of carbonyl (C=O) groups is 1. The van der Waals surface area contributed by atoms with Gasteiger partial charge in [0.2, 0.25) is 5.76 Å². The highest BCUT2D eigenvalue weighted by atomic mass is 16.5. The second kappa shape index (κ2) is 5.03. The van der Waals surface area contributed by atoms with Crippen molar-refractivity contribution in [1.29, 1.82) is 0 Å². The Bertz CT molecular complexity index is 559. The first kappa shape index (κ1) is 12.3. The van der Waals surface area contributed by atoms with E-state index in [1.807, 2.05) is 0 Å². The van der Waals surface area contributed by atoms with Gasteiger partial charge >= 0.3 is 5.97 Å². The highest BCUT2D eigenvalue weighted by Crippen LogP contribution is 2.25. The molecule has 1 aromatic rings. The number of rotatable bonds is 2. The third-order valence-corrected chi connectivity index (χ3v) is 2.77. The number of hydrogen-bond donors (Lipinski definition) is 1. The molecule has 1 N–H and O–H groups in total. The van der Waals surface area contributed by atoms with E-state index in [0.717, 1.165) is 0 Å². The Hall–Kier alpha value is -2.11. The zero-order valence-corrected chi connectivity index (χ0v) is 10.0. The molecule has 0 saturated heterocycles. The molecule has 0 aliphatic carbocycles. The fourth-order valence-electron chi connectivity index (χ4n) is 1.97. The Morgan fingerprint density at radius 2 is 2.39 bits per heavy atom. The average molecular weight is 250 g/mol. The predicted molar refractivity (Wildman–Crippen MR) is 63.9 cm³/mol.